The van der Waals surface area contributed by atoms with E-state index in [0.717, 1.165) is 5.56 Å². The number of nitrogens with two attached hydrogens (primary N) is 1. The van der Waals surface area contributed by atoms with Gasteiger partial charge >= 0.3 is 0 Å². The molecule has 3 aromatic carbocycles. The highest BCUT2D eigenvalue weighted by Gasteiger charge is 2.35. The van der Waals surface area contributed by atoms with E-state index in [9.17, 15) is 23.1 Å². The van der Waals surface area contributed by atoms with E-state index < -0.39 is 22.2 Å². The second kappa shape index (κ2) is 14.5. The normalized spacial score (nSPS) is 17.2. The second-order valence-corrected chi connectivity index (χ2v) is 13.9. The van der Waals surface area contributed by atoms with Gasteiger partial charge in [-0.05, 0) is 55.9 Å². The number of anilines is 3. The largest absolute Gasteiger partial charge is 0.486 e. The summed E-state index contributed by atoms with van der Waals surface area (Å²) < 4.78 is 37.1. The first-order chi connectivity index (χ1) is 22.9. The van der Waals surface area contributed by atoms with Crippen LogP contribution in [0.3, 0.4) is 0 Å². The monoisotopic (exact) mass is 675 g/mol. The number of sulfonamides is 1. The molecule has 3 atom stereocenters. The van der Waals surface area contributed by atoms with Crippen LogP contribution in [0.5, 0.6) is 5.75 Å². The number of nitrogens with zero attached hydrogens (tertiary/aromatic N) is 4. The van der Waals surface area contributed by atoms with Crippen molar-refractivity contribution < 1.29 is 27.9 Å². The zero-order valence-corrected chi connectivity index (χ0v) is 28.1. The van der Waals surface area contributed by atoms with E-state index in [1.54, 1.807) is 73.5 Å². The predicted molar refractivity (Wildman–Crippen MR) is 183 cm³/mol. The van der Waals surface area contributed by atoms with Crippen molar-refractivity contribution in [3.8, 4) is 5.75 Å². The Morgan fingerprint density at radius 3 is 2.50 bits per heavy atom. The number of benzene rings is 3. The zero-order chi connectivity index (χ0) is 34.6. The molecule has 5 N–H and O–H groups in total. The lowest BCUT2D eigenvalue weighted by Gasteiger charge is -2.38. The number of nitrogen functional groups attached to an aromatic ring is 1. The third kappa shape index (κ3) is 7.78. The highest BCUT2D eigenvalue weighted by atomic mass is 32.2. The number of aliphatic hydroxyl groups is 1. The average molecular weight is 676 g/mol. The molecular formula is C34H41N7O6S. The quantitative estimate of drug-likeness (QED) is 0.174. The van der Waals surface area contributed by atoms with E-state index in [1.807, 2.05) is 26.1 Å². The Kier molecular flexibility index (Phi) is 10.4. The second-order valence-electron chi connectivity index (χ2n) is 12.2. The van der Waals surface area contributed by atoms with Crippen LogP contribution in [0.4, 0.5) is 17.1 Å². The van der Waals surface area contributed by atoms with E-state index in [2.05, 4.69) is 19.9 Å². The number of hydrogen-bond acceptors (Lipinski definition) is 9. The molecule has 13 nitrogen and oxygen atoms in total. The number of aryl methyl sites for hydroxylation is 1. The topological polar surface area (TPSA) is 172 Å². The molecule has 0 radical (unpaired) electrons. The molecule has 0 fully saturated rings. The number of hydrogen-bond donors (Lipinski definition) is 4. The SMILES string of the molecule is C[C@@H]1CN([C@@H](C)CO)C(=O)c2cccc(NS(=O)(=O)c3cn(C)cn3)c2O[C@@H]1CN(C)Cc1ccc(C(=O)Nc2ccccc2N)cc1. The van der Waals surface area contributed by atoms with Crippen LogP contribution in [0, 0.1) is 5.92 Å². The van der Waals surface area contributed by atoms with Gasteiger partial charge in [-0.15, -0.1) is 0 Å². The van der Waals surface area contributed by atoms with Crippen LogP contribution in [0.25, 0.3) is 0 Å². The maximum Gasteiger partial charge on any atom is 0.281 e. The fourth-order valence-electron chi connectivity index (χ4n) is 5.52. The van der Waals surface area contributed by atoms with E-state index in [1.165, 1.54) is 17.1 Å². The lowest BCUT2D eigenvalue weighted by Crippen LogP contribution is -2.49. The number of amides is 2. The van der Waals surface area contributed by atoms with Crippen molar-refractivity contribution in [1.82, 2.24) is 19.4 Å². The molecule has 0 saturated carbocycles. The standard InChI is InChI=1S/C34H41N7O6S/c1-22-16-41(23(2)20-42)34(44)26-8-7-11-29(38-48(45,46)31-19-40(4)21-36-31)32(26)47-30(22)18-39(3)17-24-12-14-25(15-13-24)33(43)37-28-10-6-5-9-27(28)35/h5-15,19,21-23,30,38,42H,16-18,20,35H2,1-4H3,(H,37,43)/t22-,23+,30-/m1/s1. The number of fused-ring (bicyclic) bond motifs is 1. The number of carbonyl (C=O) groups is 2. The molecule has 2 amide bonds. The molecule has 0 bridgehead atoms. The number of aromatic nitrogens is 2. The molecule has 0 spiro atoms. The summed E-state index contributed by atoms with van der Waals surface area (Å²) in [5.41, 5.74) is 8.72. The van der Waals surface area contributed by atoms with Gasteiger partial charge in [-0.2, -0.15) is 8.42 Å². The van der Waals surface area contributed by atoms with Gasteiger partial charge in [-0.25, -0.2) is 4.98 Å². The molecule has 1 aliphatic heterocycles. The van der Waals surface area contributed by atoms with Gasteiger partial charge in [-0.1, -0.05) is 37.3 Å². The van der Waals surface area contributed by atoms with Crippen LogP contribution in [0.15, 0.2) is 84.3 Å². The summed E-state index contributed by atoms with van der Waals surface area (Å²) >= 11 is 0. The highest BCUT2D eigenvalue weighted by Crippen LogP contribution is 2.36. The van der Waals surface area contributed by atoms with Crippen molar-refractivity contribution in [1.29, 1.82) is 0 Å². The minimum absolute atomic E-state index is 0.107. The van der Waals surface area contributed by atoms with Crippen LogP contribution in [-0.2, 0) is 23.6 Å². The number of rotatable bonds is 11. The van der Waals surface area contributed by atoms with Gasteiger partial charge in [0.2, 0.25) is 0 Å². The first-order valence-electron chi connectivity index (χ1n) is 15.5. The van der Waals surface area contributed by atoms with Gasteiger partial charge in [0, 0.05) is 44.4 Å². The van der Waals surface area contributed by atoms with Crippen LogP contribution >= 0.6 is 0 Å². The van der Waals surface area contributed by atoms with Gasteiger partial charge in [0.1, 0.15) is 6.10 Å². The summed E-state index contributed by atoms with van der Waals surface area (Å²) in [5, 5.41) is 12.6. The van der Waals surface area contributed by atoms with Gasteiger partial charge in [0.05, 0.1) is 41.6 Å². The van der Waals surface area contributed by atoms with Gasteiger partial charge in [0.25, 0.3) is 21.8 Å². The summed E-state index contributed by atoms with van der Waals surface area (Å²) in [5.74, 6) is -0.732. The third-order valence-corrected chi connectivity index (χ3v) is 9.51. The summed E-state index contributed by atoms with van der Waals surface area (Å²) in [6.45, 7) is 4.75. The number of para-hydroxylation sites is 3. The van der Waals surface area contributed by atoms with Gasteiger partial charge in [-0.3, -0.25) is 19.2 Å². The molecule has 1 aliphatic rings. The predicted octanol–water partition coefficient (Wildman–Crippen LogP) is 3.41. The molecule has 5 rings (SSSR count). The fraction of sp³-hybridized carbons (Fsp3) is 0.324. The Hall–Kier alpha value is -4.92. The molecule has 4 aromatic rings. The fourth-order valence-corrected chi connectivity index (χ4v) is 6.56. The molecule has 0 unspecified atom stereocenters. The first kappa shape index (κ1) is 34.4. The number of imidazole rings is 1. The number of ether oxygens (including phenoxy) is 1. The molecule has 2 heterocycles. The summed E-state index contributed by atoms with van der Waals surface area (Å²) in [4.78, 5) is 34.2. The van der Waals surface area contributed by atoms with E-state index in [0.29, 0.717) is 36.6 Å². The molecule has 254 valence electrons. The summed E-state index contributed by atoms with van der Waals surface area (Å²) in [6.07, 6.45) is 2.29. The zero-order valence-electron chi connectivity index (χ0n) is 27.3. The Balaban J connectivity index is 1.36. The van der Waals surface area contributed by atoms with Crippen LogP contribution in [0.2, 0.25) is 0 Å². The van der Waals surface area contributed by atoms with Crippen molar-refractivity contribution in [3.05, 3.63) is 95.9 Å². The molecule has 48 heavy (non-hydrogen) atoms. The Bertz CT molecular complexity index is 1880. The summed E-state index contributed by atoms with van der Waals surface area (Å²) in [6, 6.07) is 18.6. The van der Waals surface area contributed by atoms with E-state index in [-0.39, 0.29) is 46.4 Å². The van der Waals surface area contributed by atoms with Crippen molar-refractivity contribution >= 4 is 38.9 Å². The smallest absolute Gasteiger partial charge is 0.281 e. The number of likely N-dealkylation sites (N-methyl/N-ethyl adjacent to an activating group) is 1. The van der Waals surface area contributed by atoms with Crippen LogP contribution < -0.4 is 20.5 Å². The Labute approximate surface area is 280 Å². The highest BCUT2D eigenvalue weighted by molar-refractivity contribution is 7.92. The number of carbonyl (C=O) groups excluding carboxylic acids is 2. The minimum atomic E-state index is -4.10. The van der Waals surface area contributed by atoms with Crippen LogP contribution in [-0.4, -0.2) is 83.6 Å². The van der Waals surface area contributed by atoms with Crippen molar-refractivity contribution in [3.63, 3.8) is 0 Å². The maximum absolute atomic E-state index is 13.8. The van der Waals surface area contributed by atoms with Crippen molar-refractivity contribution in [2.45, 2.75) is 37.6 Å². The average Bonchev–Trinajstić information content (AvgIpc) is 3.51. The Morgan fingerprint density at radius 1 is 1.12 bits per heavy atom. The van der Waals surface area contributed by atoms with E-state index >= 15 is 0 Å². The lowest BCUT2D eigenvalue weighted by atomic mass is 9.99. The molecule has 0 saturated heterocycles. The molecular weight excluding hydrogens is 634 g/mol. The summed E-state index contributed by atoms with van der Waals surface area (Å²) in [7, 11) is -0.496. The molecule has 0 aliphatic carbocycles. The number of aliphatic hydroxyl groups excluding tert-OH is 1. The first-order valence-corrected chi connectivity index (χ1v) is 17.0. The number of nitrogens with one attached hydrogen (secondary N) is 2. The van der Waals surface area contributed by atoms with E-state index in [4.69, 9.17) is 10.5 Å². The maximum atomic E-state index is 13.8. The Morgan fingerprint density at radius 2 is 1.83 bits per heavy atom. The molecule has 14 heteroatoms. The van der Waals surface area contributed by atoms with Crippen LogP contribution in [0.1, 0.15) is 40.1 Å². The molecule has 1 aromatic heterocycles. The minimum Gasteiger partial charge on any atom is -0.486 e. The van der Waals surface area contributed by atoms with Crippen molar-refractivity contribution in [2.75, 3.05) is 42.5 Å². The van der Waals surface area contributed by atoms with Gasteiger partial charge in [0.15, 0.2) is 10.8 Å². The lowest BCUT2D eigenvalue weighted by molar-refractivity contribution is 0.0344. The van der Waals surface area contributed by atoms with Gasteiger partial charge < -0.3 is 30.4 Å². The van der Waals surface area contributed by atoms with Crippen molar-refractivity contribution in [2.24, 2.45) is 13.0 Å². The third-order valence-electron chi connectivity index (χ3n) is 8.26.